The fourth-order valence-corrected chi connectivity index (χ4v) is 1.34. The van der Waals surface area contributed by atoms with Crippen molar-refractivity contribution in [2.24, 2.45) is 0 Å². The van der Waals surface area contributed by atoms with Crippen LogP contribution < -0.4 is 4.74 Å². The zero-order valence-electron chi connectivity index (χ0n) is 7.32. The van der Waals surface area contributed by atoms with Crippen molar-refractivity contribution in [1.29, 1.82) is 0 Å². The zero-order chi connectivity index (χ0) is 8.89. The van der Waals surface area contributed by atoms with E-state index in [-0.39, 0.29) is 12.1 Å². The molecule has 2 unspecified atom stereocenters. The van der Waals surface area contributed by atoms with Gasteiger partial charge in [0.25, 0.3) is 12.1 Å². The first-order valence-corrected chi connectivity index (χ1v) is 4.34. The predicted octanol–water partition coefficient (Wildman–Crippen LogP) is 1.46. The van der Waals surface area contributed by atoms with E-state index in [4.69, 9.17) is 14.2 Å². The van der Waals surface area contributed by atoms with Crippen molar-refractivity contribution < 1.29 is 14.2 Å². The van der Waals surface area contributed by atoms with E-state index in [1.165, 1.54) is 0 Å². The van der Waals surface area contributed by atoms with Gasteiger partial charge in [-0.15, -0.1) is 0 Å². The molecule has 0 saturated carbocycles. The van der Waals surface area contributed by atoms with Gasteiger partial charge in [-0.3, -0.25) is 4.74 Å². The molecule has 13 heavy (non-hydrogen) atoms. The van der Waals surface area contributed by atoms with Crippen LogP contribution in [-0.2, 0) is 9.47 Å². The number of hydrogen-bond donors (Lipinski definition) is 0. The van der Waals surface area contributed by atoms with Crippen molar-refractivity contribution in [3.05, 3.63) is 29.8 Å². The Morgan fingerprint density at radius 1 is 1.46 bits per heavy atom. The van der Waals surface area contributed by atoms with E-state index in [0.717, 1.165) is 11.3 Å². The molecule has 2 aliphatic rings. The van der Waals surface area contributed by atoms with Gasteiger partial charge in [0.05, 0.1) is 0 Å². The van der Waals surface area contributed by atoms with Crippen LogP contribution in [0.4, 0.5) is 0 Å². The molecule has 2 atom stereocenters. The van der Waals surface area contributed by atoms with Crippen LogP contribution in [0, 0.1) is 6.92 Å². The molecule has 0 aromatic heterocycles. The number of epoxide rings is 2. The molecule has 2 aliphatic heterocycles. The van der Waals surface area contributed by atoms with Crippen LogP contribution in [0.5, 0.6) is 5.75 Å². The Bertz CT molecular complexity index is 344. The normalized spacial score (nSPS) is 34.7. The standard InChI is InChI=1S/C10H10O3/c1-7-4-2-3-5-8(7)12-9-10(13-9)6-11-10/h2-5,9H,6H2,1H3. The SMILES string of the molecule is Cc1ccccc1OC1OC12CO2. The Balaban J connectivity index is 1.75. The third-order valence-corrected chi connectivity index (χ3v) is 2.36. The quantitative estimate of drug-likeness (QED) is 0.643. The van der Waals surface area contributed by atoms with E-state index >= 15 is 0 Å². The molecule has 3 nitrogen and oxygen atoms in total. The predicted molar refractivity (Wildman–Crippen MR) is 45.4 cm³/mol. The largest absolute Gasteiger partial charge is 0.459 e. The molecule has 68 valence electrons. The number of rotatable bonds is 2. The van der Waals surface area contributed by atoms with Crippen LogP contribution in [0.3, 0.4) is 0 Å². The van der Waals surface area contributed by atoms with Gasteiger partial charge in [-0.2, -0.15) is 0 Å². The highest BCUT2D eigenvalue weighted by Crippen LogP contribution is 2.49. The Morgan fingerprint density at radius 2 is 2.23 bits per heavy atom. The van der Waals surface area contributed by atoms with E-state index in [2.05, 4.69) is 0 Å². The average Bonchev–Trinajstić information content (AvgIpc) is 3.00. The third-order valence-electron chi connectivity index (χ3n) is 2.36. The van der Waals surface area contributed by atoms with Gasteiger partial charge < -0.3 is 9.47 Å². The summed E-state index contributed by atoms with van der Waals surface area (Å²) in [6, 6.07) is 7.88. The minimum absolute atomic E-state index is 0.186. The average molecular weight is 178 g/mol. The number of para-hydroxylation sites is 1. The van der Waals surface area contributed by atoms with Crippen LogP contribution in [0.1, 0.15) is 5.56 Å². The van der Waals surface area contributed by atoms with Crippen LogP contribution in [-0.4, -0.2) is 18.7 Å². The van der Waals surface area contributed by atoms with Gasteiger partial charge in [0.15, 0.2) is 0 Å². The second-order valence-electron chi connectivity index (χ2n) is 3.43. The lowest BCUT2D eigenvalue weighted by molar-refractivity contribution is 0.174. The van der Waals surface area contributed by atoms with Gasteiger partial charge >= 0.3 is 0 Å². The van der Waals surface area contributed by atoms with Crippen molar-refractivity contribution in [2.45, 2.75) is 19.0 Å². The Labute approximate surface area is 76.2 Å². The fraction of sp³-hybridized carbons (Fsp3) is 0.400. The van der Waals surface area contributed by atoms with Gasteiger partial charge in [-0.1, -0.05) is 18.2 Å². The molecule has 3 rings (SSSR count). The molecule has 0 aliphatic carbocycles. The van der Waals surface area contributed by atoms with Crippen molar-refractivity contribution in [1.82, 2.24) is 0 Å². The molecule has 0 amide bonds. The highest BCUT2D eigenvalue weighted by atomic mass is 16.9. The maximum absolute atomic E-state index is 5.59. The zero-order valence-corrected chi connectivity index (χ0v) is 7.32. The van der Waals surface area contributed by atoms with Gasteiger partial charge in [-0.25, -0.2) is 0 Å². The van der Waals surface area contributed by atoms with E-state index < -0.39 is 0 Å². The second kappa shape index (κ2) is 2.25. The summed E-state index contributed by atoms with van der Waals surface area (Å²) >= 11 is 0. The molecule has 1 aromatic rings. The summed E-state index contributed by atoms with van der Waals surface area (Å²) in [6.45, 7) is 2.68. The summed E-state index contributed by atoms with van der Waals surface area (Å²) in [4.78, 5) is 0. The summed E-state index contributed by atoms with van der Waals surface area (Å²) in [5.74, 6) is 0.516. The molecular weight excluding hydrogens is 168 g/mol. The summed E-state index contributed by atoms with van der Waals surface area (Å²) in [5, 5.41) is 0. The highest BCUT2D eigenvalue weighted by molar-refractivity contribution is 5.32. The molecule has 2 fully saturated rings. The smallest absolute Gasteiger partial charge is 0.260 e. The van der Waals surface area contributed by atoms with Crippen LogP contribution in [0.25, 0.3) is 0 Å². The van der Waals surface area contributed by atoms with Crippen molar-refractivity contribution in [2.75, 3.05) is 6.61 Å². The lowest BCUT2D eigenvalue weighted by Crippen LogP contribution is -2.05. The van der Waals surface area contributed by atoms with E-state index in [1.54, 1.807) is 0 Å². The summed E-state index contributed by atoms with van der Waals surface area (Å²) in [5.41, 5.74) is 1.12. The Hall–Kier alpha value is -1.06. The highest BCUT2D eigenvalue weighted by Gasteiger charge is 2.71. The Kier molecular flexibility index (Phi) is 1.27. The molecule has 1 spiro atoms. The summed E-state index contributed by atoms with van der Waals surface area (Å²) < 4.78 is 15.9. The first kappa shape index (κ1) is 7.35. The van der Waals surface area contributed by atoms with Crippen LogP contribution in [0.2, 0.25) is 0 Å². The summed E-state index contributed by atoms with van der Waals surface area (Å²) in [6.07, 6.45) is -0.186. The molecule has 3 heteroatoms. The van der Waals surface area contributed by atoms with Crippen molar-refractivity contribution in [3.63, 3.8) is 0 Å². The summed E-state index contributed by atoms with van der Waals surface area (Å²) in [7, 11) is 0. The van der Waals surface area contributed by atoms with E-state index in [9.17, 15) is 0 Å². The molecule has 0 bridgehead atoms. The minimum Gasteiger partial charge on any atom is -0.459 e. The van der Waals surface area contributed by atoms with Gasteiger partial charge in [0, 0.05) is 0 Å². The second-order valence-corrected chi connectivity index (χ2v) is 3.43. The number of hydrogen-bond acceptors (Lipinski definition) is 3. The molecule has 2 saturated heterocycles. The van der Waals surface area contributed by atoms with Crippen molar-refractivity contribution >= 4 is 0 Å². The monoisotopic (exact) mass is 178 g/mol. The van der Waals surface area contributed by atoms with Gasteiger partial charge in [-0.05, 0) is 18.6 Å². The van der Waals surface area contributed by atoms with Crippen molar-refractivity contribution in [3.8, 4) is 5.75 Å². The minimum atomic E-state index is -0.359. The van der Waals surface area contributed by atoms with Crippen LogP contribution in [0.15, 0.2) is 24.3 Å². The van der Waals surface area contributed by atoms with E-state index in [1.807, 2.05) is 31.2 Å². The Morgan fingerprint density at radius 3 is 2.85 bits per heavy atom. The first-order chi connectivity index (χ1) is 6.30. The molecular formula is C10H10O3. The maximum atomic E-state index is 5.59. The lowest BCUT2D eigenvalue weighted by Gasteiger charge is -2.04. The van der Waals surface area contributed by atoms with E-state index in [0.29, 0.717) is 6.61 Å². The fourth-order valence-electron chi connectivity index (χ4n) is 1.34. The van der Waals surface area contributed by atoms with Gasteiger partial charge in [0.2, 0.25) is 0 Å². The third kappa shape index (κ3) is 1.12. The molecule has 2 heterocycles. The van der Waals surface area contributed by atoms with Gasteiger partial charge in [0.1, 0.15) is 12.4 Å². The topological polar surface area (TPSA) is 34.3 Å². The first-order valence-electron chi connectivity index (χ1n) is 4.34. The number of benzene rings is 1. The molecule has 1 aromatic carbocycles. The number of aryl methyl sites for hydroxylation is 1. The maximum Gasteiger partial charge on any atom is 0.260 e. The number of ether oxygens (including phenoxy) is 3. The van der Waals surface area contributed by atoms with Crippen LogP contribution >= 0.6 is 0 Å². The molecule has 0 radical (unpaired) electrons. The molecule has 0 N–H and O–H groups in total. The lowest BCUT2D eigenvalue weighted by atomic mass is 10.2.